The third-order valence-corrected chi connectivity index (χ3v) is 3.85. The van der Waals surface area contributed by atoms with Crippen LogP contribution in [0.4, 0.5) is 0 Å². The highest BCUT2D eigenvalue weighted by atomic mass is 16.5. The number of hydrogen-bond donors (Lipinski definition) is 1. The lowest BCUT2D eigenvalue weighted by atomic mass is 9.99. The second-order valence-corrected chi connectivity index (χ2v) is 5.26. The second kappa shape index (κ2) is 4.81. The Kier molecular flexibility index (Phi) is 3.12. The van der Waals surface area contributed by atoms with Gasteiger partial charge in [0.1, 0.15) is 11.5 Å². The van der Waals surface area contributed by atoms with Crippen molar-refractivity contribution < 1.29 is 19.1 Å². The van der Waals surface area contributed by atoms with E-state index >= 15 is 0 Å². The first-order valence-electron chi connectivity index (χ1n) is 6.73. The first kappa shape index (κ1) is 13.0. The Morgan fingerprint density at radius 1 is 1.25 bits per heavy atom. The predicted octanol–water partition coefficient (Wildman–Crippen LogP) is 1.65. The molecule has 1 aromatic rings. The van der Waals surface area contributed by atoms with Gasteiger partial charge in [0.15, 0.2) is 5.78 Å². The van der Waals surface area contributed by atoms with E-state index in [0.29, 0.717) is 22.6 Å². The van der Waals surface area contributed by atoms with Crippen molar-refractivity contribution in [2.45, 2.75) is 31.2 Å². The number of amides is 1. The molecule has 0 aromatic heterocycles. The third kappa shape index (κ3) is 2.13. The number of nitrogens with one attached hydrogen (secondary N) is 1. The Morgan fingerprint density at radius 3 is 2.60 bits per heavy atom. The van der Waals surface area contributed by atoms with Crippen molar-refractivity contribution in [1.82, 2.24) is 5.32 Å². The van der Waals surface area contributed by atoms with Crippen LogP contribution in [0.3, 0.4) is 0 Å². The number of benzene rings is 1. The van der Waals surface area contributed by atoms with Gasteiger partial charge >= 0.3 is 0 Å². The van der Waals surface area contributed by atoms with Crippen LogP contribution >= 0.6 is 0 Å². The maximum absolute atomic E-state index is 12.3. The van der Waals surface area contributed by atoms with Crippen molar-refractivity contribution in [2.75, 3.05) is 14.2 Å². The number of fused-ring (bicyclic) bond motifs is 1. The summed E-state index contributed by atoms with van der Waals surface area (Å²) in [6.07, 6.45) is 2.26. The third-order valence-electron chi connectivity index (χ3n) is 3.85. The van der Waals surface area contributed by atoms with Crippen LogP contribution in [0, 0.1) is 0 Å². The minimum Gasteiger partial charge on any atom is -0.497 e. The molecule has 1 amide bonds. The average Bonchev–Trinajstić information content (AvgIpc) is 3.20. The van der Waals surface area contributed by atoms with Gasteiger partial charge in [0.2, 0.25) is 5.91 Å². The molecular weight excluding hydrogens is 258 g/mol. The first-order chi connectivity index (χ1) is 9.63. The van der Waals surface area contributed by atoms with E-state index in [4.69, 9.17) is 9.47 Å². The number of hydrogen-bond acceptors (Lipinski definition) is 4. The van der Waals surface area contributed by atoms with Crippen molar-refractivity contribution in [3.63, 3.8) is 0 Å². The summed E-state index contributed by atoms with van der Waals surface area (Å²) in [5.74, 6) is 0.526. The summed E-state index contributed by atoms with van der Waals surface area (Å²) in [5.41, 5.74) is 1.23. The number of carbonyl (C=O) groups excluding carboxylic acids is 2. The van der Waals surface area contributed by atoms with Crippen LogP contribution in [0.5, 0.6) is 11.5 Å². The number of carbonyl (C=O) groups is 2. The highest BCUT2D eigenvalue weighted by Gasteiger charge is 2.38. The van der Waals surface area contributed by atoms with Gasteiger partial charge in [-0.15, -0.1) is 0 Å². The molecule has 0 saturated heterocycles. The van der Waals surface area contributed by atoms with Gasteiger partial charge in [-0.3, -0.25) is 9.59 Å². The van der Waals surface area contributed by atoms with E-state index in [-0.39, 0.29) is 24.2 Å². The molecule has 2 aliphatic carbocycles. The summed E-state index contributed by atoms with van der Waals surface area (Å²) in [4.78, 5) is 24.4. The highest BCUT2D eigenvalue weighted by Crippen LogP contribution is 2.41. The Bertz CT molecular complexity index is 577. The van der Waals surface area contributed by atoms with Gasteiger partial charge in [-0.1, -0.05) is 0 Å². The topological polar surface area (TPSA) is 64.6 Å². The van der Waals surface area contributed by atoms with Gasteiger partial charge in [-0.05, 0) is 24.5 Å². The van der Waals surface area contributed by atoms with E-state index in [0.717, 1.165) is 12.8 Å². The maximum atomic E-state index is 12.3. The Labute approximate surface area is 117 Å². The molecule has 0 aliphatic heterocycles. The Balaban J connectivity index is 1.99. The highest BCUT2D eigenvalue weighted by molar-refractivity contribution is 6.08. The van der Waals surface area contributed by atoms with Crippen molar-refractivity contribution >= 4 is 11.7 Å². The number of ketones is 1. The van der Waals surface area contributed by atoms with Crippen LogP contribution in [0.1, 0.15) is 41.1 Å². The number of methoxy groups -OCH3 is 2. The van der Waals surface area contributed by atoms with E-state index in [9.17, 15) is 9.59 Å². The lowest BCUT2D eigenvalue weighted by Crippen LogP contribution is -2.30. The lowest BCUT2D eigenvalue weighted by molar-refractivity contribution is -0.122. The smallest absolute Gasteiger partial charge is 0.228 e. The van der Waals surface area contributed by atoms with E-state index in [1.165, 1.54) is 7.11 Å². The lowest BCUT2D eigenvalue weighted by Gasteiger charge is -2.13. The molecule has 106 valence electrons. The van der Waals surface area contributed by atoms with Gasteiger partial charge in [-0.25, -0.2) is 0 Å². The maximum Gasteiger partial charge on any atom is 0.228 e. The normalized spacial score (nSPS) is 20.5. The van der Waals surface area contributed by atoms with Crippen LogP contribution < -0.4 is 14.8 Å². The fraction of sp³-hybridized carbons (Fsp3) is 0.467. The summed E-state index contributed by atoms with van der Waals surface area (Å²) < 4.78 is 10.5. The molecule has 1 aromatic carbocycles. The molecule has 0 spiro atoms. The fourth-order valence-corrected chi connectivity index (χ4v) is 2.62. The van der Waals surface area contributed by atoms with Crippen LogP contribution in [0.2, 0.25) is 0 Å². The molecule has 1 fully saturated rings. The quantitative estimate of drug-likeness (QED) is 0.907. The average molecular weight is 275 g/mol. The minimum absolute atomic E-state index is 0.0459. The molecule has 0 heterocycles. The van der Waals surface area contributed by atoms with Crippen LogP contribution in [0.15, 0.2) is 12.1 Å². The monoisotopic (exact) mass is 275 g/mol. The molecule has 1 saturated carbocycles. The van der Waals surface area contributed by atoms with Crippen LogP contribution in [-0.2, 0) is 4.79 Å². The molecule has 5 nitrogen and oxygen atoms in total. The molecule has 0 bridgehead atoms. The summed E-state index contributed by atoms with van der Waals surface area (Å²) in [7, 11) is 3.07. The van der Waals surface area contributed by atoms with E-state index in [1.54, 1.807) is 19.2 Å². The summed E-state index contributed by atoms with van der Waals surface area (Å²) in [6.45, 7) is 0. The van der Waals surface area contributed by atoms with Gasteiger partial charge in [0.25, 0.3) is 0 Å². The van der Waals surface area contributed by atoms with Crippen molar-refractivity contribution in [3.05, 3.63) is 23.3 Å². The predicted molar refractivity (Wildman–Crippen MR) is 72.4 cm³/mol. The molecule has 0 radical (unpaired) electrons. The van der Waals surface area contributed by atoms with Gasteiger partial charge in [0, 0.05) is 18.5 Å². The zero-order valence-electron chi connectivity index (χ0n) is 11.6. The summed E-state index contributed by atoms with van der Waals surface area (Å²) in [5, 5.41) is 2.96. The number of ether oxygens (including phenoxy) is 2. The zero-order chi connectivity index (χ0) is 14.3. The Hall–Kier alpha value is -2.04. The molecule has 1 unspecified atom stereocenters. The molecule has 1 N–H and O–H groups in total. The Morgan fingerprint density at radius 2 is 2.00 bits per heavy atom. The van der Waals surface area contributed by atoms with Gasteiger partial charge in [-0.2, -0.15) is 0 Å². The molecule has 2 aliphatic rings. The second-order valence-electron chi connectivity index (χ2n) is 5.26. The molecular formula is C15H17NO4. The SMILES string of the molecule is COc1cc(OC)c2c(c1)C(C(=O)NC1CC1)CC2=O. The molecule has 3 rings (SSSR count). The molecule has 5 heteroatoms. The van der Waals surface area contributed by atoms with Crippen LogP contribution in [0.25, 0.3) is 0 Å². The van der Waals surface area contributed by atoms with Crippen molar-refractivity contribution in [1.29, 1.82) is 0 Å². The van der Waals surface area contributed by atoms with Crippen molar-refractivity contribution in [2.24, 2.45) is 0 Å². The van der Waals surface area contributed by atoms with Crippen LogP contribution in [-0.4, -0.2) is 32.0 Å². The van der Waals surface area contributed by atoms with E-state index in [1.807, 2.05) is 0 Å². The largest absolute Gasteiger partial charge is 0.497 e. The van der Waals surface area contributed by atoms with Gasteiger partial charge < -0.3 is 14.8 Å². The first-order valence-corrected chi connectivity index (χ1v) is 6.73. The number of Topliss-reactive ketones (excluding diaryl/α,β-unsaturated/α-hetero) is 1. The molecule has 1 atom stereocenters. The molecule has 20 heavy (non-hydrogen) atoms. The van der Waals surface area contributed by atoms with E-state index < -0.39 is 5.92 Å². The van der Waals surface area contributed by atoms with Crippen molar-refractivity contribution in [3.8, 4) is 11.5 Å². The zero-order valence-corrected chi connectivity index (χ0v) is 11.6. The summed E-state index contributed by atoms with van der Waals surface area (Å²) >= 11 is 0. The van der Waals surface area contributed by atoms with Gasteiger partial charge in [0.05, 0.1) is 25.7 Å². The van der Waals surface area contributed by atoms with E-state index in [2.05, 4.69) is 5.32 Å². The summed E-state index contributed by atoms with van der Waals surface area (Å²) in [6, 6.07) is 3.73. The fourth-order valence-electron chi connectivity index (χ4n) is 2.62. The minimum atomic E-state index is -0.429. The standard InChI is InChI=1S/C15H17NO4/c1-19-9-5-10-11(15(18)16-8-3-4-8)7-12(17)14(10)13(6-9)20-2/h5-6,8,11H,3-4,7H2,1-2H3,(H,16,18). The number of rotatable bonds is 4.